The summed E-state index contributed by atoms with van der Waals surface area (Å²) in [6.07, 6.45) is -0.877. The first-order chi connectivity index (χ1) is 49.6. The smallest absolute Gasteiger partial charge is 0.410 e. The number of amides is 6. The van der Waals surface area contributed by atoms with Crippen molar-refractivity contribution in [3.8, 4) is 69.5 Å². The van der Waals surface area contributed by atoms with E-state index < -0.39 is 84.3 Å². The van der Waals surface area contributed by atoms with Crippen LogP contribution in [-0.2, 0) is 51.2 Å². The molecule has 2 fully saturated rings. The summed E-state index contributed by atoms with van der Waals surface area (Å²) >= 11 is 0. The molecule has 6 aromatic carbocycles. The second-order valence-corrected chi connectivity index (χ2v) is 25.6. The van der Waals surface area contributed by atoms with Crippen LogP contribution in [-0.4, -0.2) is 198 Å². The molecule has 8 atom stereocenters. The maximum Gasteiger partial charge on any atom is 0.410 e. The van der Waals surface area contributed by atoms with E-state index in [2.05, 4.69) is 65.4 Å². The van der Waals surface area contributed by atoms with Crippen molar-refractivity contribution >= 4 is 35.8 Å². The van der Waals surface area contributed by atoms with Crippen LogP contribution < -0.4 is 20.1 Å². The number of hydrogen-bond donors (Lipinski definition) is 2. The van der Waals surface area contributed by atoms with Crippen molar-refractivity contribution in [2.75, 3.05) is 53.6 Å². The van der Waals surface area contributed by atoms with Crippen molar-refractivity contribution in [1.29, 1.82) is 0 Å². The molecule has 4 heterocycles. The maximum absolute atomic E-state index is 14.9. The second-order valence-electron chi connectivity index (χ2n) is 25.6. The Kier molecular flexibility index (Phi) is 22.5. The van der Waals surface area contributed by atoms with Gasteiger partial charge in [-0.05, 0) is 155 Å². The highest BCUT2D eigenvalue weighted by atomic mass is 16.6. The highest BCUT2D eigenvalue weighted by Gasteiger charge is 2.42. The first kappa shape index (κ1) is 70.4. The highest BCUT2D eigenvalue weighted by Crippen LogP contribution is 2.46. The highest BCUT2D eigenvalue weighted by molar-refractivity contribution is 5.93. The summed E-state index contributed by atoms with van der Waals surface area (Å²) in [6.45, 7) is 7.14. The number of rotatable bonds is 26. The molecule has 0 bridgehead atoms. The first-order valence-electron chi connectivity index (χ1n) is 34.2. The third-order valence-electron chi connectivity index (χ3n) is 19.3. The van der Waals surface area contributed by atoms with Gasteiger partial charge in [0, 0.05) is 39.0 Å². The van der Waals surface area contributed by atoms with Crippen molar-refractivity contribution in [2.24, 2.45) is 0 Å². The first-order valence-corrected chi connectivity index (χ1v) is 34.2. The molecule has 4 aliphatic rings. The van der Waals surface area contributed by atoms with Gasteiger partial charge in [-0.2, -0.15) is 9.36 Å². The van der Waals surface area contributed by atoms with Crippen LogP contribution in [0.5, 0.6) is 23.5 Å². The Morgan fingerprint density at radius 1 is 0.490 bits per heavy atom. The van der Waals surface area contributed by atoms with Crippen molar-refractivity contribution in [1.82, 2.24) is 70.6 Å². The van der Waals surface area contributed by atoms with Crippen LogP contribution in [0, 0.1) is 23.7 Å². The number of tetrazole rings is 2. The molecule has 6 amide bonds. The molecule has 26 nitrogen and oxygen atoms in total. The number of hydrogen-bond acceptors (Lipinski definition) is 18. The van der Waals surface area contributed by atoms with Crippen LogP contribution in [0.25, 0.3) is 22.3 Å². The minimum atomic E-state index is -1.26. The number of carbonyl (C=O) groups is 6. The van der Waals surface area contributed by atoms with Gasteiger partial charge < -0.3 is 48.9 Å². The van der Waals surface area contributed by atoms with Gasteiger partial charge in [-0.15, -0.1) is 0 Å². The average Bonchev–Trinajstić information content (AvgIpc) is 1.62. The summed E-state index contributed by atoms with van der Waals surface area (Å²) in [5.41, 5.74) is 8.46. The van der Waals surface area contributed by atoms with Gasteiger partial charge in [-0.25, -0.2) is 9.59 Å². The summed E-state index contributed by atoms with van der Waals surface area (Å²) in [5, 5.41) is 30.0. The standard InChI is InChI=1S/C76H80N14O12/c1-49(85(5)75(95)99-47-65-61-37-19-15-33-57(61)58-34-16-20-38-62(58)65)69(91)77-67(71(93)87-41-25-27-53(87)45-89-73(79-81-83-89)101-55-29-11-9-12-30-55)51(3)97-43-23-7-8-24-44-98-52(4)68(72(94)88-42-26-28-54(88)46-90-74(80-82-84-90)102-56-31-13-10-14-32-56)78-70(92)50(2)86(6)76(96)100-48-66-63-39-21-17-35-59(63)60-36-18-22-40-64(60)66/h9-22,29-40,49-54,65-68H,25-28,41-48H2,1-6H3,(H,77,91)(H,78,92)/t49-,50-,51?,52?,53-,54-,67-,68-/m0/s1. The summed E-state index contributed by atoms with van der Waals surface area (Å²) < 4.78 is 39.2. The van der Waals surface area contributed by atoms with Gasteiger partial charge in [-0.3, -0.25) is 29.0 Å². The van der Waals surface area contributed by atoms with Gasteiger partial charge in [-0.1, -0.05) is 155 Å². The number of ether oxygens (including phenoxy) is 6. The van der Waals surface area contributed by atoms with Crippen molar-refractivity contribution in [2.45, 2.75) is 127 Å². The van der Waals surface area contributed by atoms with E-state index in [-0.39, 0.29) is 63.4 Å². The molecule has 8 aromatic rings. The zero-order valence-corrected chi connectivity index (χ0v) is 57.5. The number of carbonyl (C=O) groups excluding carboxylic acids is 6. The van der Waals surface area contributed by atoms with Crippen LogP contribution in [0.15, 0.2) is 158 Å². The normalized spacial score (nSPS) is 16.7. The minimum absolute atomic E-state index is 0.0406. The maximum atomic E-state index is 14.9. The fraction of sp³-hybridized carbons (Fsp3) is 0.368. The van der Waals surface area contributed by atoms with Gasteiger partial charge in [0.05, 0.1) is 37.4 Å². The molecule has 2 saturated heterocycles. The van der Waals surface area contributed by atoms with Crippen LogP contribution >= 0.6 is 0 Å². The Labute approximate surface area is 590 Å². The number of para-hydroxylation sites is 2. The third kappa shape index (κ3) is 16.1. The Morgan fingerprint density at radius 3 is 1.20 bits per heavy atom. The fourth-order valence-corrected chi connectivity index (χ4v) is 13.4. The van der Waals surface area contributed by atoms with E-state index in [4.69, 9.17) is 28.4 Å². The second kappa shape index (κ2) is 32.7. The monoisotopic (exact) mass is 1380 g/mol. The lowest BCUT2D eigenvalue weighted by atomic mass is 9.98. The number of benzene rings is 6. The molecule has 526 valence electrons. The molecule has 0 saturated carbocycles. The number of nitrogens with zero attached hydrogens (tertiary/aromatic N) is 12. The zero-order valence-electron chi connectivity index (χ0n) is 57.5. The molecular formula is C76H80N14O12. The third-order valence-corrected chi connectivity index (χ3v) is 19.3. The van der Waals surface area contributed by atoms with Crippen LogP contribution in [0.4, 0.5) is 9.59 Å². The largest absolute Gasteiger partial charge is 0.448 e. The lowest BCUT2D eigenvalue weighted by Gasteiger charge is -2.33. The lowest BCUT2D eigenvalue weighted by Crippen LogP contribution is -2.58. The number of likely N-dealkylation sites (N-methyl/N-ethyl adjacent to an activating group) is 2. The van der Waals surface area contributed by atoms with Crippen LogP contribution in [0.3, 0.4) is 0 Å². The van der Waals surface area contributed by atoms with E-state index in [1.807, 2.05) is 133 Å². The fourth-order valence-electron chi connectivity index (χ4n) is 13.4. The van der Waals surface area contributed by atoms with E-state index in [0.717, 1.165) is 44.5 Å². The van der Waals surface area contributed by atoms with Crippen molar-refractivity contribution in [3.05, 3.63) is 180 Å². The van der Waals surface area contributed by atoms with Crippen LogP contribution in [0.2, 0.25) is 0 Å². The molecule has 0 radical (unpaired) electrons. The SMILES string of the molecule is CC(OCC#CC#CCOC(C)[C@H](NC(=O)[C@H](C)N(C)C(=O)OCC1c2ccccc2-c2ccccc21)C(=O)N1CCC[C@H]1Cn1nnnc1Oc1ccccc1)[C@H](NC(=O)[C@H](C)N(C)C(=O)OCC1c2ccccc2-c2ccccc21)C(=O)N1CCC[C@H]1Cn1nnnc1Oc1ccccc1. The summed E-state index contributed by atoms with van der Waals surface area (Å²) in [4.78, 5) is 91.9. The van der Waals surface area contributed by atoms with Crippen LogP contribution in [0.1, 0.15) is 87.5 Å². The number of fused-ring (bicyclic) bond motifs is 6. The topological polar surface area (TPSA) is 282 Å². The quantitative estimate of drug-likeness (QED) is 0.0482. The van der Waals surface area contributed by atoms with E-state index in [1.54, 1.807) is 61.8 Å². The van der Waals surface area contributed by atoms with Crippen molar-refractivity contribution < 1.29 is 57.2 Å². The summed E-state index contributed by atoms with van der Waals surface area (Å²) in [7, 11) is 2.94. The number of likely N-dealkylation sites (tertiary alicyclic amines) is 2. The molecule has 2 aliphatic carbocycles. The predicted octanol–water partition coefficient (Wildman–Crippen LogP) is 8.25. The van der Waals surface area contributed by atoms with Gasteiger partial charge in [0.15, 0.2) is 0 Å². The lowest BCUT2D eigenvalue weighted by molar-refractivity contribution is -0.142. The molecule has 0 spiro atoms. The van der Waals surface area contributed by atoms with E-state index >= 15 is 0 Å². The van der Waals surface area contributed by atoms with E-state index in [1.165, 1.54) is 33.3 Å². The Bertz CT molecular complexity index is 4070. The zero-order chi connectivity index (χ0) is 71.2. The molecule has 102 heavy (non-hydrogen) atoms. The molecular weight excluding hydrogens is 1300 g/mol. The predicted molar refractivity (Wildman–Crippen MR) is 373 cm³/mol. The molecule has 2 N–H and O–H groups in total. The van der Waals surface area contributed by atoms with E-state index in [9.17, 15) is 28.8 Å². The van der Waals surface area contributed by atoms with Gasteiger partial charge in [0.2, 0.25) is 23.6 Å². The molecule has 26 heteroatoms. The molecule has 2 unspecified atom stereocenters. The molecule has 2 aliphatic heterocycles. The Balaban J connectivity index is 0.699. The summed E-state index contributed by atoms with van der Waals surface area (Å²) in [5.74, 6) is 9.76. The van der Waals surface area contributed by atoms with Gasteiger partial charge >= 0.3 is 24.2 Å². The minimum Gasteiger partial charge on any atom is -0.448 e. The Hall–Kier alpha value is -11.5. The Morgan fingerprint density at radius 2 is 0.833 bits per heavy atom. The molecule has 2 aromatic heterocycles. The van der Waals surface area contributed by atoms with Gasteiger partial charge in [0.25, 0.3) is 0 Å². The van der Waals surface area contributed by atoms with E-state index in [0.29, 0.717) is 50.3 Å². The summed E-state index contributed by atoms with van der Waals surface area (Å²) in [6, 6.07) is 44.9. The van der Waals surface area contributed by atoms with Gasteiger partial charge in [0.1, 0.15) is 62.1 Å². The average molecular weight is 1380 g/mol. The molecule has 12 rings (SSSR count). The number of nitrogens with one attached hydrogen (secondary N) is 2. The van der Waals surface area contributed by atoms with Crippen molar-refractivity contribution in [3.63, 3.8) is 0 Å². The number of aromatic nitrogens is 8.